The molecule has 7 aromatic rings. The highest BCUT2D eigenvalue weighted by molar-refractivity contribution is 7.26. The maximum atomic E-state index is 9.21. The second-order valence-corrected chi connectivity index (χ2v) is 9.84. The number of thiophene rings is 1. The van der Waals surface area contributed by atoms with Crippen LogP contribution in [-0.4, -0.2) is 4.98 Å². The molecule has 2 aromatic heterocycles. The summed E-state index contributed by atoms with van der Waals surface area (Å²) in [4.78, 5) is 4.21. The van der Waals surface area contributed by atoms with E-state index in [1.54, 1.807) is 12.4 Å². The molecule has 35 heavy (non-hydrogen) atoms. The third-order valence-corrected chi connectivity index (χ3v) is 7.87. The topological polar surface area (TPSA) is 36.7 Å². The highest BCUT2D eigenvalue weighted by Crippen LogP contribution is 2.45. The normalized spacial score (nSPS) is 11.4. The average Bonchev–Trinajstić information content (AvgIpc) is 3.32. The number of rotatable bonds is 2. The van der Waals surface area contributed by atoms with Crippen LogP contribution in [0.15, 0.2) is 109 Å². The maximum absolute atomic E-state index is 9.21. The Morgan fingerprint density at radius 3 is 2.14 bits per heavy atom. The van der Waals surface area contributed by atoms with Gasteiger partial charge in [0.05, 0.1) is 5.56 Å². The summed E-state index contributed by atoms with van der Waals surface area (Å²) in [7, 11) is 0. The van der Waals surface area contributed by atoms with Gasteiger partial charge in [-0.2, -0.15) is 5.26 Å². The fraction of sp³-hybridized carbons (Fsp3) is 0. The summed E-state index contributed by atoms with van der Waals surface area (Å²) in [5.74, 6) is 0. The molecule has 5 aromatic carbocycles. The molecule has 0 radical (unpaired) electrons. The Morgan fingerprint density at radius 1 is 0.600 bits per heavy atom. The quantitative estimate of drug-likeness (QED) is 0.257. The zero-order chi connectivity index (χ0) is 23.4. The summed E-state index contributed by atoms with van der Waals surface area (Å²) < 4.78 is 2.63. The molecule has 0 unspecified atom stereocenters. The van der Waals surface area contributed by atoms with Crippen LogP contribution in [0.2, 0.25) is 0 Å². The largest absolute Gasteiger partial charge is 0.263 e. The van der Waals surface area contributed by atoms with Gasteiger partial charge in [-0.15, -0.1) is 11.3 Å². The molecular weight excluding hydrogens is 444 g/mol. The summed E-state index contributed by atoms with van der Waals surface area (Å²) >= 11 is 1.87. The lowest BCUT2D eigenvalue weighted by atomic mass is 9.93. The third-order valence-electron chi connectivity index (χ3n) is 6.77. The number of pyridine rings is 1. The van der Waals surface area contributed by atoms with Crippen LogP contribution in [0.3, 0.4) is 0 Å². The fourth-order valence-electron chi connectivity index (χ4n) is 5.14. The van der Waals surface area contributed by atoms with Gasteiger partial charge in [-0.3, -0.25) is 4.98 Å². The van der Waals surface area contributed by atoms with Gasteiger partial charge in [0.1, 0.15) is 6.07 Å². The standard InChI is InChI=1S/C32H18N2S/c33-17-20-15-24(19-34-18-20)21-9-11-23(12-10-21)28-16-30-32(27-8-4-3-7-26(27)28)31-25-6-2-1-5-22(25)13-14-29(31)35-30/h1-16,18-19H. The molecule has 0 spiro atoms. The summed E-state index contributed by atoms with van der Waals surface area (Å²) in [6.45, 7) is 0. The summed E-state index contributed by atoms with van der Waals surface area (Å²) in [5.41, 5.74) is 4.99. The first kappa shape index (κ1) is 19.9. The van der Waals surface area contributed by atoms with Crippen LogP contribution in [0.5, 0.6) is 0 Å². The predicted octanol–water partition coefficient (Wildman–Crippen LogP) is 8.96. The summed E-state index contributed by atoms with van der Waals surface area (Å²) in [5, 5.41) is 17.0. The van der Waals surface area contributed by atoms with E-state index in [2.05, 4.69) is 102 Å². The minimum atomic E-state index is 0.570. The molecule has 162 valence electrons. The second-order valence-electron chi connectivity index (χ2n) is 8.76. The van der Waals surface area contributed by atoms with Crippen molar-refractivity contribution in [3.63, 3.8) is 0 Å². The second kappa shape index (κ2) is 7.77. The summed E-state index contributed by atoms with van der Waals surface area (Å²) in [6, 6.07) is 36.9. The van der Waals surface area contributed by atoms with Crippen molar-refractivity contribution in [3.05, 3.63) is 115 Å². The Kier molecular flexibility index (Phi) is 4.42. The number of aromatic nitrogens is 1. The molecule has 0 N–H and O–H groups in total. The Hall–Kier alpha value is -4.52. The van der Waals surface area contributed by atoms with E-state index in [9.17, 15) is 5.26 Å². The number of nitrogens with zero attached hydrogens (tertiary/aromatic N) is 2. The molecule has 0 bridgehead atoms. The maximum Gasteiger partial charge on any atom is 0.101 e. The van der Waals surface area contributed by atoms with E-state index in [0.717, 1.165) is 11.1 Å². The van der Waals surface area contributed by atoms with Crippen LogP contribution in [-0.2, 0) is 0 Å². The number of nitriles is 1. The Morgan fingerprint density at radius 2 is 1.31 bits per heavy atom. The van der Waals surface area contributed by atoms with Crippen LogP contribution in [0, 0.1) is 11.3 Å². The van der Waals surface area contributed by atoms with Crippen molar-refractivity contribution in [1.29, 1.82) is 5.26 Å². The SMILES string of the molecule is N#Cc1cncc(-c2ccc(-c3cc4sc5ccc6ccccc6c5c4c4ccccc34)cc2)c1. The van der Waals surface area contributed by atoms with Crippen LogP contribution >= 0.6 is 11.3 Å². The van der Waals surface area contributed by atoms with Crippen LogP contribution in [0.25, 0.3) is 64.0 Å². The molecular formula is C32H18N2S. The Bertz CT molecular complexity index is 1960. The van der Waals surface area contributed by atoms with Crippen molar-refractivity contribution in [1.82, 2.24) is 4.98 Å². The van der Waals surface area contributed by atoms with E-state index in [1.165, 1.54) is 52.8 Å². The molecule has 0 saturated carbocycles. The first-order valence-corrected chi connectivity index (χ1v) is 12.3. The zero-order valence-electron chi connectivity index (χ0n) is 18.7. The van der Waals surface area contributed by atoms with Crippen molar-refractivity contribution < 1.29 is 0 Å². The molecule has 7 rings (SSSR count). The van der Waals surface area contributed by atoms with Gasteiger partial charge >= 0.3 is 0 Å². The van der Waals surface area contributed by atoms with E-state index >= 15 is 0 Å². The number of hydrogen-bond acceptors (Lipinski definition) is 3. The van der Waals surface area contributed by atoms with Gasteiger partial charge in [-0.1, -0.05) is 78.9 Å². The van der Waals surface area contributed by atoms with Gasteiger partial charge in [0, 0.05) is 38.1 Å². The van der Waals surface area contributed by atoms with Crippen molar-refractivity contribution in [3.8, 4) is 28.3 Å². The Labute approximate surface area is 206 Å². The van der Waals surface area contributed by atoms with E-state index in [1.807, 2.05) is 17.4 Å². The van der Waals surface area contributed by atoms with E-state index in [4.69, 9.17) is 0 Å². The molecule has 2 heterocycles. The molecule has 0 amide bonds. The Balaban J connectivity index is 1.47. The van der Waals surface area contributed by atoms with Gasteiger partial charge in [-0.25, -0.2) is 0 Å². The fourth-order valence-corrected chi connectivity index (χ4v) is 6.32. The van der Waals surface area contributed by atoms with Crippen molar-refractivity contribution in [2.45, 2.75) is 0 Å². The monoisotopic (exact) mass is 462 g/mol. The first-order chi connectivity index (χ1) is 17.3. The lowest BCUT2D eigenvalue weighted by Gasteiger charge is -2.11. The zero-order valence-corrected chi connectivity index (χ0v) is 19.5. The van der Waals surface area contributed by atoms with E-state index in [0.29, 0.717) is 5.56 Å². The average molecular weight is 463 g/mol. The van der Waals surface area contributed by atoms with Gasteiger partial charge < -0.3 is 0 Å². The molecule has 0 atom stereocenters. The van der Waals surface area contributed by atoms with Crippen molar-refractivity contribution in [2.75, 3.05) is 0 Å². The molecule has 0 aliphatic rings. The highest BCUT2D eigenvalue weighted by Gasteiger charge is 2.15. The molecule has 0 aliphatic carbocycles. The van der Waals surface area contributed by atoms with E-state index < -0.39 is 0 Å². The lowest BCUT2D eigenvalue weighted by Crippen LogP contribution is -1.85. The van der Waals surface area contributed by atoms with Gasteiger partial charge in [0.15, 0.2) is 0 Å². The smallest absolute Gasteiger partial charge is 0.101 e. The minimum Gasteiger partial charge on any atom is -0.263 e. The minimum absolute atomic E-state index is 0.570. The summed E-state index contributed by atoms with van der Waals surface area (Å²) in [6.07, 6.45) is 3.40. The van der Waals surface area contributed by atoms with E-state index in [-0.39, 0.29) is 0 Å². The molecule has 3 heteroatoms. The van der Waals surface area contributed by atoms with Crippen LogP contribution < -0.4 is 0 Å². The highest BCUT2D eigenvalue weighted by atomic mass is 32.1. The van der Waals surface area contributed by atoms with Gasteiger partial charge in [0.2, 0.25) is 0 Å². The van der Waals surface area contributed by atoms with Crippen molar-refractivity contribution in [2.24, 2.45) is 0 Å². The first-order valence-electron chi connectivity index (χ1n) is 11.5. The van der Waals surface area contributed by atoms with Crippen LogP contribution in [0.1, 0.15) is 5.56 Å². The van der Waals surface area contributed by atoms with Gasteiger partial charge in [0.25, 0.3) is 0 Å². The van der Waals surface area contributed by atoms with Crippen molar-refractivity contribution >= 4 is 53.1 Å². The lowest BCUT2D eigenvalue weighted by molar-refractivity contribution is 1.30. The molecule has 0 aliphatic heterocycles. The number of hydrogen-bond donors (Lipinski definition) is 0. The molecule has 0 saturated heterocycles. The molecule has 0 fully saturated rings. The number of fused-ring (bicyclic) bond motifs is 7. The number of benzene rings is 5. The van der Waals surface area contributed by atoms with Gasteiger partial charge in [-0.05, 0) is 56.4 Å². The van der Waals surface area contributed by atoms with Crippen LogP contribution in [0.4, 0.5) is 0 Å². The third kappa shape index (κ3) is 3.12. The predicted molar refractivity (Wildman–Crippen MR) is 148 cm³/mol. The molecule has 2 nitrogen and oxygen atoms in total.